The molecule has 0 aliphatic carbocycles. The summed E-state index contributed by atoms with van der Waals surface area (Å²) in [6.45, 7) is 5.47. The fourth-order valence-corrected chi connectivity index (χ4v) is 2.33. The van der Waals surface area contributed by atoms with E-state index in [4.69, 9.17) is 9.84 Å². The molecule has 15 heavy (non-hydrogen) atoms. The first-order valence-corrected chi connectivity index (χ1v) is 6.40. The molecule has 1 amide bonds. The van der Waals surface area contributed by atoms with Gasteiger partial charge in [-0.25, -0.2) is 0 Å². The zero-order valence-corrected chi connectivity index (χ0v) is 10.1. The number of morpholine rings is 1. The highest BCUT2D eigenvalue weighted by atomic mass is 32.2. The molecule has 2 unspecified atom stereocenters. The van der Waals surface area contributed by atoms with E-state index in [0.717, 1.165) is 0 Å². The minimum atomic E-state index is 0.126. The minimum absolute atomic E-state index is 0.126. The third-order valence-corrected chi connectivity index (χ3v) is 3.16. The van der Waals surface area contributed by atoms with Crippen LogP contribution in [0, 0.1) is 0 Å². The van der Waals surface area contributed by atoms with E-state index in [1.54, 1.807) is 0 Å². The Morgan fingerprint density at radius 1 is 1.47 bits per heavy atom. The van der Waals surface area contributed by atoms with Gasteiger partial charge in [-0.2, -0.15) is 0 Å². The highest BCUT2D eigenvalue weighted by Gasteiger charge is 2.25. The lowest BCUT2D eigenvalue weighted by molar-refractivity contribution is -0.140. The second kappa shape index (κ2) is 6.35. The highest BCUT2D eigenvalue weighted by molar-refractivity contribution is 7.99. The van der Waals surface area contributed by atoms with Gasteiger partial charge in [0.15, 0.2) is 0 Å². The Kier molecular flexibility index (Phi) is 5.42. The molecule has 1 heterocycles. The van der Waals surface area contributed by atoms with Crippen molar-refractivity contribution in [3.05, 3.63) is 0 Å². The second-order valence-corrected chi connectivity index (χ2v) is 4.94. The maximum atomic E-state index is 11.7. The number of thioether (sulfide) groups is 1. The van der Waals surface area contributed by atoms with Crippen LogP contribution in [-0.4, -0.2) is 59.3 Å². The number of amides is 1. The first kappa shape index (κ1) is 12.8. The lowest BCUT2D eigenvalue weighted by Crippen LogP contribution is -2.48. The van der Waals surface area contributed by atoms with Crippen LogP contribution >= 0.6 is 11.8 Å². The Morgan fingerprint density at radius 3 is 2.60 bits per heavy atom. The van der Waals surface area contributed by atoms with Gasteiger partial charge in [-0.15, -0.1) is 11.8 Å². The van der Waals surface area contributed by atoms with Gasteiger partial charge in [0.05, 0.1) is 24.6 Å². The minimum Gasteiger partial charge on any atom is -0.396 e. The summed E-state index contributed by atoms with van der Waals surface area (Å²) in [5.74, 6) is 1.23. The van der Waals surface area contributed by atoms with Gasteiger partial charge in [0, 0.05) is 18.8 Å². The maximum absolute atomic E-state index is 11.7. The SMILES string of the molecule is CC1CN(C(=O)CSCCO)CC(C)O1. The zero-order valence-electron chi connectivity index (χ0n) is 9.31. The molecular formula is C10H19NO3S. The molecular weight excluding hydrogens is 214 g/mol. The van der Waals surface area contributed by atoms with Crippen molar-refractivity contribution < 1.29 is 14.6 Å². The highest BCUT2D eigenvalue weighted by Crippen LogP contribution is 2.12. The molecule has 0 aromatic heterocycles. The lowest BCUT2D eigenvalue weighted by atomic mass is 10.2. The quantitative estimate of drug-likeness (QED) is 0.712. The number of ether oxygens (including phenoxy) is 1. The molecule has 1 aliphatic rings. The van der Waals surface area contributed by atoms with Gasteiger partial charge in [0.2, 0.25) is 5.91 Å². The molecule has 0 aromatic carbocycles. The number of nitrogens with zero attached hydrogens (tertiary/aromatic N) is 1. The van der Waals surface area contributed by atoms with Crippen LogP contribution in [-0.2, 0) is 9.53 Å². The lowest BCUT2D eigenvalue weighted by Gasteiger charge is -2.35. The molecule has 0 bridgehead atoms. The number of aliphatic hydroxyl groups excluding tert-OH is 1. The van der Waals surface area contributed by atoms with E-state index in [9.17, 15) is 4.79 Å². The fraction of sp³-hybridized carbons (Fsp3) is 0.900. The summed E-state index contributed by atoms with van der Waals surface area (Å²) in [6.07, 6.45) is 0.251. The van der Waals surface area contributed by atoms with Gasteiger partial charge < -0.3 is 14.7 Å². The summed E-state index contributed by atoms with van der Waals surface area (Å²) in [5.41, 5.74) is 0. The Bertz CT molecular complexity index is 203. The number of carbonyl (C=O) groups is 1. The summed E-state index contributed by atoms with van der Waals surface area (Å²) in [4.78, 5) is 13.6. The molecule has 1 saturated heterocycles. The predicted octanol–water partition coefficient (Wildman–Crippen LogP) is 0.348. The van der Waals surface area contributed by atoms with Crippen molar-refractivity contribution in [3.8, 4) is 0 Å². The van der Waals surface area contributed by atoms with E-state index < -0.39 is 0 Å². The molecule has 0 radical (unpaired) electrons. The first-order valence-electron chi connectivity index (χ1n) is 5.25. The van der Waals surface area contributed by atoms with Crippen molar-refractivity contribution in [1.82, 2.24) is 4.90 Å². The first-order chi connectivity index (χ1) is 7.13. The third-order valence-electron chi connectivity index (χ3n) is 2.23. The van der Waals surface area contributed by atoms with Crippen molar-refractivity contribution in [2.75, 3.05) is 31.2 Å². The van der Waals surface area contributed by atoms with Gasteiger partial charge in [-0.05, 0) is 13.8 Å². The average Bonchev–Trinajstić information content (AvgIpc) is 2.16. The Balaban J connectivity index is 2.31. The molecule has 0 saturated carbocycles. The molecule has 4 nitrogen and oxygen atoms in total. The van der Waals surface area contributed by atoms with E-state index in [-0.39, 0.29) is 24.7 Å². The second-order valence-electron chi connectivity index (χ2n) is 3.83. The summed E-state index contributed by atoms with van der Waals surface area (Å²) in [7, 11) is 0. The normalized spacial score (nSPS) is 26.7. The van der Waals surface area contributed by atoms with Crippen molar-refractivity contribution in [3.63, 3.8) is 0 Å². The Labute approximate surface area is 95.0 Å². The summed E-state index contributed by atoms with van der Waals surface area (Å²) < 4.78 is 5.55. The standard InChI is InChI=1S/C10H19NO3S/c1-8-5-11(6-9(2)14-8)10(13)7-15-4-3-12/h8-9,12H,3-7H2,1-2H3. The monoisotopic (exact) mass is 233 g/mol. The van der Waals surface area contributed by atoms with Gasteiger partial charge in [0.1, 0.15) is 0 Å². The molecule has 1 N–H and O–H groups in total. The van der Waals surface area contributed by atoms with Crippen LogP contribution < -0.4 is 0 Å². The number of hydrogen-bond acceptors (Lipinski definition) is 4. The van der Waals surface area contributed by atoms with Gasteiger partial charge in [-0.1, -0.05) is 0 Å². The van der Waals surface area contributed by atoms with Crippen molar-refractivity contribution in [1.29, 1.82) is 0 Å². The number of aliphatic hydroxyl groups is 1. The van der Waals surface area contributed by atoms with Crippen molar-refractivity contribution in [2.45, 2.75) is 26.1 Å². The summed E-state index contributed by atoms with van der Waals surface area (Å²) in [5, 5.41) is 8.61. The smallest absolute Gasteiger partial charge is 0.232 e. The number of carbonyl (C=O) groups excluding carboxylic acids is 1. The van der Waals surface area contributed by atoms with Crippen LogP contribution in [0.25, 0.3) is 0 Å². The van der Waals surface area contributed by atoms with Crippen molar-refractivity contribution in [2.24, 2.45) is 0 Å². The number of hydrogen-bond donors (Lipinski definition) is 1. The van der Waals surface area contributed by atoms with Gasteiger partial charge in [0.25, 0.3) is 0 Å². The third kappa shape index (κ3) is 4.40. The van der Waals surface area contributed by atoms with E-state index in [2.05, 4.69) is 0 Å². The molecule has 0 spiro atoms. The van der Waals surface area contributed by atoms with Crippen LogP contribution in [0.3, 0.4) is 0 Å². The maximum Gasteiger partial charge on any atom is 0.232 e. The summed E-state index contributed by atoms with van der Waals surface area (Å²) in [6, 6.07) is 0. The number of rotatable bonds is 4. The molecule has 5 heteroatoms. The topological polar surface area (TPSA) is 49.8 Å². The Hall–Kier alpha value is -0.260. The Morgan fingerprint density at radius 2 is 2.07 bits per heavy atom. The molecule has 1 fully saturated rings. The van der Waals surface area contributed by atoms with Crippen molar-refractivity contribution >= 4 is 17.7 Å². The molecule has 1 rings (SSSR count). The zero-order chi connectivity index (χ0) is 11.3. The largest absolute Gasteiger partial charge is 0.396 e. The van der Waals surface area contributed by atoms with E-state index in [0.29, 0.717) is 24.6 Å². The van der Waals surface area contributed by atoms with Gasteiger partial charge >= 0.3 is 0 Å². The van der Waals surface area contributed by atoms with Crippen LogP contribution in [0.4, 0.5) is 0 Å². The van der Waals surface area contributed by atoms with E-state index in [1.165, 1.54) is 11.8 Å². The van der Waals surface area contributed by atoms with Gasteiger partial charge in [-0.3, -0.25) is 4.79 Å². The predicted molar refractivity (Wildman–Crippen MR) is 61.0 cm³/mol. The fourth-order valence-electron chi connectivity index (χ4n) is 1.70. The van der Waals surface area contributed by atoms with E-state index >= 15 is 0 Å². The summed E-state index contributed by atoms with van der Waals surface area (Å²) >= 11 is 1.48. The molecule has 0 aromatic rings. The van der Waals surface area contributed by atoms with Crippen LogP contribution in [0.2, 0.25) is 0 Å². The van der Waals surface area contributed by atoms with E-state index in [1.807, 2.05) is 18.7 Å². The van der Waals surface area contributed by atoms with Crippen LogP contribution in [0.1, 0.15) is 13.8 Å². The molecule has 1 aliphatic heterocycles. The molecule has 2 atom stereocenters. The van der Waals surface area contributed by atoms with Crippen LogP contribution in [0.5, 0.6) is 0 Å². The average molecular weight is 233 g/mol. The molecule has 88 valence electrons. The van der Waals surface area contributed by atoms with Crippen LogP contribution in [0.15, 0.2) is 0 Å².